The third-order valence-corrected chi connectivity index (χ3v) is 3.87. The smallest absolute Gasteiger partial charge is 0.416 e. The van der Waals surface area contributed by atoms with Gasteiger partial charge in [-0.05, 0) is 35.9 Å². The van der Waals surface area contributed by atoms with E-state index in [0.717, 1.165) is 17.7 Å². The van der Waals surface area contributed by atoms with Gasteiger partial charge in [0.05, 0.1) is 18.4 Å². The summed E-state index contributed by atoms with van der Waals surface area (Å²) in [5.41, 5.74) is 0.0164. The topological polar surface area (TPSA) is 33.5 Å². The first-order chi connectivity index (χ1) is 12.4. The van der Waals surface area contributed by atoms with E-state index in [-0.39, 0.29) is 18.7 Å². The zero-order valence-corrected chi connectivity index (χ0v) is 13.7. The van der Waals surface area contributed by atoms with Crippen molar-refractivity contribution in [2.45, 2.75) is 19.3 Å². The third-order valence-electron chi connectivity index (χ3n) is 3.87. The average molecular weight is 359 g/mol. The highest BCUT2D eigenvalue weighted by Gasteiger charge is 2.31. The van der Waals surface area contributed by atoms with E-state index < -0.39 is 17.6 Å². The Balaban J connectivity index is 1.89. The van der Waals surface area contributed by atoms with Crippen LogP contribution in [-0.2, 0) is 19.3 Å². The monoisotopic (exact) mass is 359 g/mol. The van der Waals surface area contributed by atoms with Crippen molar-refractivity contribution in [3.63, 3.8) is 0 Å². The maximum atomic E-state index is 12.9. The predicted octanol–water partition coefficient (Wildman–Crippen LogP) is 5.14. The van der Waals surface area contributed by atoms with E-state index in [1.807, 2.05) is 30.3 Å². The first-order valence-corrected chi connectivity index (χ1v) is 7.96. The molecular weight excluding hydrogens is 343 g/mol. The quantitative estimate of drug-likeness (QED) is 0.632. The Morgan fingerprint density at radius 1 is 0.923 bits per heavy atom. The van der Waals surface area contributed by atoms with Crippen LogP contribution in [0.15, 0.2) is 77.4 Å². The van der Waals surface area contributed by atoms with Crippen LogP contribution in [0.2, 0.25) is 0 Å². The Hall–Kier alpha value is -3.02. The van der Waals surface area contributed by atoms with Gasteiger partial charge in [0.2, 0.25) is 0 Å². The van der Waals surface area contributed by atoms with Crippen LogP contribution in [0.5, 0.6) is 0 Å². The number of furan rings is 1. The van der Waals surface area contributed by atoms with Gasteiger partial charge >= 0.3 is 6.18 Å². The lowest BCUT2D eigenvalue weighted by Crippen LogP contribution is -2.30. The van der Waals surface area contributed by atoms with E-state index in [0.29, 0.717) is 5.76 Å². The standard InChI is InChI=1S/C20H16F3NO2/c21-20(22,23)17-9-4-8-16(12-17)19(25)24(14-18-10-5-11-26-18)13-15-6-2-1-3-7-15/h1-12H,13-14H2. The van der Waals surface area contributed by atoms with Crippen LogP contribution >= 0.6 is 0 Å². The zero-order valence-electron chi connectivity index (χ0n) is 13.7. The number of carbonyl (C=O) groups excluding carboxylic acids is 1. The second-order valence-electron chi connectivity index (χ2n) is 5.80. The Bertz CT molecular complexity index is 858. The molecule has 0 unspecified atom stereocenters. The van der Waals surface area contributed by atoms with Gasteiger partial charge in [-0.2, -0.15) is 13.2 Å². The third kappa shape index (κ3) is 4.33. The van der Waals surface area contributed by atoms with Crippen molar-refractivity contribution < 1.29 is 22.4 Å². The molecule has 3 rings (SSSR count). The van der Waals surface area contributed by atoms with Crippen LogP contribution in [0.1, 0.15) is 27.2 Å². The van der Waals surface area contributed by atoms with Crippen molar-refractivity contribution in [1.29, 1.82) is 0 Å². The molecule has 26 heavy (non-hydrogen) atoms. The van der Waals surface area contributed by atoms with E-state index >= 15 is 0 Å². The average Bonchev–Trinajstić information content (AvgIpc) is 3.14. The van der Waals surface area contributed by atoms with Gasteiger partial charge in [-0.1, -0.05) is 36.4 Å². The minimum absolute atomic E-state index is 0.0117. The number of carbonyl (C=O) groups is 1. The van der Waals surface area contributed by atoms with Gasteiger partial charge < -0.3 is 9.32 Å². The lowest BCUT2D eigenvalue weighted by atomic mass is 10.1. The molecular formula is C20H16F3NO2. The van der Waals surface area contributed by atoms with Gasteiger partial charge in [0.1, 0.15) is 5.76 Å². The molecule has 0 saturated carbocycles. The molecule has 134 valence electrons. The molecule has 0 saturated heterocycles. The maximum absolute atomic E-state index is 12.9. The summed E-state index contributed by atoms with van der Waals surface area (Å²) < 4.78 is 44.1. The fourth-order valence-corrected chi connectivity index (χ4v) is 2.61. The number of hydrogen-bond acceptors (Lipinski definition) is 2. The van der Waals surface area contributed by atoms with Crippen LogP contribution < -0.4 is 0 Å². The molecule has 3 aromatic rings. The SMILES string of the molecule is O=C(c1cccc(C(F)(F)F)c1)N(Cc1ccccc1)Cc1ccco1. The van der Waals surface area contributed by atoms with Gasteiger partial charge in [0.25, 0.3) is 5.91 Å². The van der Waals surface area contributed by atoms with Crippen molar-refractivity contribution in [3.05, 3.63) is 95.4 Å². The number of benzene rings is 2. The molecule has 6 heteroatoms. The minimum atomic E-state index is -4.50. The molecule has 1 heterocycles. The highest BCUT2D eigenvalue weighted by atomic mass is 19.4. The second-order valence-corrected chi connectivity index (χ2v) is 5.80. The van der Waals surface area contributed by atoms with Gasteiger partial charge in [-0.15, -0.1) is 0 Å². The predicted molar refractivity (Wildman–Crippen MR) is 90.2 cm³/mol. The highest BCUT2D eigenvalue weighted by Crippen LogP contribution is 2.30. The van der Waals surface area contributed by atoms with E-state index in [9.17, 15) is 18.0 Å². The van der Waals surface area contributed by atoms with E-state index in [4.69, 9.17) is 4.42 Å². The van der Waals surface area contributed by atoms with Crippen LogP contribution in [0.25, 0.3) is 0 Å². The van der Waals surface area contributed by atoms with Crippen LogP contribution in [0.4, 0.5) is 13.2 Å². The maximum Gasteiger partial charge on any atom is 0.416 e. The number of halogens is 3. The van der Waals surface area contributed by atoms with Gasteiger partial charge in [-0.3, -0.25) is 4.79 Å². The van der Waals surface area contributed by atoms with E-state index in [2.05, 4.69) is 0 Å². The molecule has 0 spiro atoms. The van der Waals surface area contributed by atoms with Crippen LogP contribution in [0.3, 0.4) is 0 Å². The lowest BCUT2D eigenvalue weighted by molar-refractivity contribution is -0.137. The lowest BCUT2D eigenvalue weighted by Gasteiger charge is -2.22. The normalized spacial score (nSPS) is 11.3. The molecule has 2 aromatic carbocycles. The first-order valence-electron chi connectivity index (χ1n) is 7.96. The van der Waals surface area contributed by atoms with Crippen LogP contribution in [-0.4, -0.2) is 10.8 Å². The first kappa shape index (κ1) is 17.8. The molecule has 1 aromatic heterocycles. The minimum Gasteiger partial charge on any atom is -0.467 e. The molecule has 0 aliphatic heterocycles. The molecule has 0 bridgehead atoms. The molecule has 0 aliphatic carbocycles. The summed E-state index contributed by atoms with van der Waals surface area (Å²) in [6.45, 7) is 0.424. The fraction of sp³-hybridized carbons (Fsp3) is 0.150. The largest absolute Gasteiger partial charge is 0.467 e. The molecule has 3 nitrogen and oxygen atoms in total. The van der Waals surface area contributed by atoms with Crippen molar-refractivity contribution >= 4 is 5.91 Å². The Morgan fingerprint density at radius 2 is 1.69 bits per heavy atom. The van der Waals surface area contributed by atoms with Gasteiger partial charge in [-0.25, -0.2) is 0 Å². The summed E-state index contributed by atoms with van der Waals surface area (Å²) in [7, 11) is 0. The summed E-state index contributed by atoms with van der Waals surface area (Å²) in [5, 5.41) is 0. The molecule has 0 atom stereocenters. The zero-order chi connectivity index (χ0) is 18.6. The molecule has 1 amide bonds. The van der Waals surface area contributed by atoms with Crippen molar-refractivity contribution in [1.82, 2.24) is 4.90 Å². The molecule has 0 N–H and O–H groups in total. The number of rotatable bonds is 5. The number of nitrogens with zero attached hydrogens (tertiary/aromatic N) is 1. The number of hydrogen-bond donors (Lipinski definition) is 0. The van der Waals surface area contributed by atoms with E-state index in [1.165, 1.54) is 23.3 Å². The Morgan fingerprint density at radius 3 is 2.35 bits per heavy atom. The fourth-order valence-electron chi connectivity index (χ4n) is 2.61. The van der Waals surface area contributed by atoms with E-state index in [1.54, 1.807) is 12.1 Å². The van der Waals surface area contributed by atoms with Gasteiger partial charge in [0.15, 0.2) is 0 Å². The highest BCUT2D eigenvalue weighted by molar-refractivity contribution is 5.94. The van der Waals surface area contributed by atoms with Crippen molar-refractivity contribution in [3.8, 4) is 0 Å². The number of amides is 1. The van der Waals surface area contributed by atoms with Crippen molar-refractivity contribution in [2.24, 2.45) is 0 Å². The van der Waals surface area contributed by atoms with Crippen LogP contribution in [0, 0.1) is 0 Å². The molecule has 0 aliphatic rings. The molecule has 0 radical (unpaired) electrons. The summed E-state index contributed by atoms with van der Waals surface area (Å²) >= 11 is 0. The molecule has 0 fully saturated rings. The van der Waals surface area contributed by atoms with Gasteiger partial charge in [0, 0.05) is 12.1 Å². The van der Waals surface area contributed by atoms with Crippen molar-refractivity contribution in [2.75, 3.05) is 0 Å². The number of alkyl halides is 3. The summed E-state index contributed by atoms with van der Waals surface area (Å²) in [6, 6.07) is 17.1. The Kier molecular flexibility index (Phi) is 5.11. The summed E-state index contributed by atoms with van der Waals surface area (Å²) in [6.07, 6.45) is -3.01. The summed E-state index contributed by atoms with van der Waals surface area (Å²) in [5.74, 6) is 0.0672. The Labute approximate surface area is 148 Å². The second kappa shape index (κ2) is 7.47. The summed E-state index contributed by atoms with van der Waals surface area (Å²) in [4.78, 5) is 14.3.